The molecule has 0 heterocycles. The van der Waals surface area contributed by atoms with Crippen molar-refractivity contribution >= 4 is 23.2 Å². The third-order valence-electron chi connectivity index (χ3n) is 4.85. The molecule has 0 atom stereocenters. The van der Waals surface area contributed by atoms with Gasteiger partial charge in [0, 0.05) is 0 Å². The minimum absolute atomic E-state index is 0. The van der Waals surface area contributed by atoms with Crippen LogP contribution in [0, 0.1) is 0 Å². The van der Waals surface area contributed by atoms with Gasteiger partial charge in [-0.2, -0.15) is 0 Å². The van der Waals surface area contributed by atoms with Gasteiger partial charge in [0.25, 0.3) is 0 Å². The highest BCUT2D eigenvalue weighted by molar-refractivity contribution is 7.95. The van der Waals surface area contributed by atoms with Crippen LogP contribution in [0.4, 0.5) is 0 Å². The lowest BCUT2D eigenvalue weighted by molar-refractivity contribution is 0.824. The van der Waals surface area contributed by atoms with Crippen molar-refractivity contribution in [3.8, 4) is 0 Å². The molecule has 0 aromatic heterocycles. The molecule has 0 saturated heterocycles. The largest absolute Gasteiger partial charge is 0.870 e. The predicted molar refractivity (Wildman–Crippen MR) is 117 cm³/mol. The standard InChI is InChI=1S/C25H22P.H2O/c1-5-13-22(14-6-1)21-26(23-15-7-2-8-16-23,24-17-9-3-10-18-24)25-19-11-4-12-20-25;/h1-20H,21H2;1H2/q+1;/p-1. The van der Waals surface area contributed by atoms with Crippen LogP contribution in [0.5, 0.6) is 0 Å². The number of hydrogen-bond donors (Lipinski definition) is 0. The molecule has 0 saturated carbocycles. The van der Waals surface area contributed by atoms with E-state index in [1.807, 2.05) is 0 Å². The van der Waals surface area contributed by atoms with Gasteiger partial charge in [-0.1, -0.05) is 84.9 Å². The van der Waals surface area contributed by atoms with Crippen LogP contribution < -0.4 is 15.9 Å². The molecule has 27 heavy (non-hydrogen) atoms. The van der Waals surface area contributed by atoms with E-state index in [0.29, 0.717) is 0 Å². The second-order valence-electron chi connectivity index (χ2n) is 6.46. The van der Waals surface area contributed by atoms with E-state index in [2.05, 4.69) is 121 Å². The molecule has 0 aliphatic rings. The Kier molecular flexibility index (Phi) is 6.19. The smallest absolute Gasteiger partial charge is 0.116 e. The van der Waals surface area contributed by atoms with Crippen LogP contribution >= 0.6 is 7.26 Å². The Hall–Kier alpha value is -2.73. The van der Waals surface area contributed by atoms with E-state index in [1.165, 1.54) is 21.5 Å². The average molecular weight is 370 g/mol. The first-order chi connectivity index (χ1) is 12.9. The summed E-state index contributed by atoms with van der Waals surface area (Å²) in [4.78, 5) is 0. The summed E-state index contributed by atoms with van der Waals surface area (Å²) in [7, 11) is -1.78. The Morgan fingerprint density at radius 3 is 1.04 bits per heavy atom. The summed E-state index contributed by atoms with van der Waals surface area (Å²) in [5.41, 5.74) is 1.39. The van der Waals surface area contributed by atoms with Crippen LogP contribution in [-0.2, 0) is 6.16 Å². The van der Waals surface area contributed by atoms with Crippen molar-refractivity contribution < 1.29 is 5.48 Å². The third-order valence-corrected chi connectivity index (χ3v) is 9.23. The molecule has 134 valence electrons. The van der Waals surface area contributed by atoms with E-state index in [-0.39, 0.29) is 5.48 Å². The van der Waals surface area contributed by atoms with Crippen molar-refractivity contribution in [2.75, 3.05) is 0 Å². The molecule has 1 nitrogen and oxygen atoms in total. The fourth-order valence-electron chi connectivity index (χ4n) is 3.63. The Morgan fingerprint density at radius 1 is 0.407 bits per heavy atom. The molecular weight excluding hydrogens is 347 g/mol. The Labute approximate surface area is 162 Å². The van der Waals surface area contributed by atoms with Gasteiger partial charge < -0.3 is 5.48 Å². The molecular formula is C25H23OP. The van der Waals surface area contributed by atoms with Crippen LogP contribution in [0.15, 0.2) is 121 Å². The lowest BCUT2D eigenvalue weighted by Gasteiger charge is -2.27. The van der Waals surface area contributed by atoms with Crippen molar-refractivity contribution in [1.29, 1.82) is 0 Å². The highest BCUT2D eigenvalue weighted by Gasteiger charge is 2.45. The average Bonchev–Trinajstić information content (AvgIpc) is 2.75. The molecule has 4 rings (SSSR count). The summed E-state index contributed by atoms with van der Waals surface area (Å²) in [6, 6.07) is 44.0. The molecule has 0 spiro atoms. The summed E-state index contributed by atoms with van der Waals surface area (Å²) >= 11 is 0. The minimum atomic E-state index is -1.78. The maximum absolute atomic E-state index is 2.30. The molecule has 0 radical (unpaired) electrons. The molecule has 1 N–H and O–H groups in total. The van der Waals surface area contributed by atoms with E-state index >= 15 is 0 Å². The number of benzene rings is 4. The van der Waals surface area contributed by atoms with Crippen LogP contribution in [0.25, 0.3) is 0 Å². The van der Waals surface area contributed by atoms with Crippen LogP contribution in [-0.4, -0.2) is 5.48 Å². The zero-order valence-electron chi connectivity index (χ0n) is 15.1. The second-order valence-corrected chi connectivity index (χ2v) is 9.95. The first-order valence-corrected chi connectivity index (χ1v) is 11.0. The minimum Gasteiger partial charge on any atom is -0.870 e. The predicted octanol–water partition coefficient (Wildman–Crippen LogP) is 5.00. The quantitative estimate of drug-likeness (QED) is 0.455. The summed E-state index contributed by atoms with van der Waals surface area (Å²) in [5.74, 6) is 0. The highest BCUT2D eigenvalue weighted by atomic mass is 31.2. The van der Waals surface area contributed by atoms with E-state index in [4.69, 9.17) is 0 Å². The van der Waals surface area contributed by atoms with E-state index in [1.54, 1.807) is 0 Å². The van der Waals surface area contributed by atoms with Gasteiger partial charge in [-0.3, -0.25) is 0 Å². The molecule has 2 heteroatoms. The van der Waals surface area contributed by atoms with Gasteiger partial charge in [0.2, 0.25) is 0 Å². The highest BCUT2D eigenvalue weighted by Crippen LogP contribution is 2.58. The van der Waals surface area contributed by atoms with E-state index < -0.39 is 7.26 Å². The van der Waals surface area contributed by atoms with Gasteiger partial charge in [0.1, 0.15) is 23.2 Å². The SMILES string of the molecule is [OH-].c1ccc(C[P+](c2ccccc2)(c2ccccc2)c2ccccc2)cc1. The molecule has 0 amide bonds. The fourth-order valence-corrected chi connectivity index (χ4v) is 7.87. The molecule has 4 aromatic rings. The Balaban J connectivity index is 0.00000210. The van der Waals surface area contributed by atoms with Gasteiger partial charge in [0.15, 0.2) is 0 Å². The summed E-state index contributed by atoms with van der Waals surface area (Å²) < 4.78 is 0. The molecule has 0 unspecified atom stereocenters. The number of hydrogen-bond acceptors (Lipinski definition) is 1. The van der Waals surface area contributed by atoms with Crippen LogP contribution in [0.3, 0.4) is 0 Å². The molecule has 0 aliphatic heterocycles. The monoisotopic (exact) mass is 370 g/mol. The molecule has 0 fully saturated rings. The normalized spacial score (nSPS) is 10.8. The van der Waals surface area contributed by atoms with Crippen molar-refractivity contribution in [2.45, 2.75) is 6.16 Å². The van der Waals surface area contributed by atoms with Crippen LogP contribution in [0.1, 0.15) is 5.56 Å². The Morgan fingerprint density at radius 2 is 0.704 bits per heavy atom. The van der Waals surface area contributed by atoms with Crippen molar-refractivity contribution in [3.05, 3.63) is 127 Å². The maximum Gasteiger partial charge on any atom is 0.116 e. The lowest BCUT2D eigenvalue weighted by atomic mass is 10.2. The van der Waals surface area contributed by atoms with Gasteiger partial charge in [0.05, 0.1) is 6.16 Å². The maximum atomic E-state index is 2.30. The Bertz CT molecular complexity index is 842. The lowest BCUT2D eigenvalue weighted by Crippen LogP contribution is -2.32. The molecule has 4 aromatic carbocycles. The van der Waals surface area contributed by atoms with Crippen molar-refractivity contribution in [1.82, 2.24) is 0 Å². The summed E-state index contributed by atoms with van der Waals surface area (Å²) in [5, 5.41) is 4.30. The van der Waals surface area contributed by atoms with Crippen molar-refractivity contribution in [3.63, 3.8) is 0 Å². The van der Waals surface area contributed by atoms with E-state index in [9.17, 15) is 0 Å². The first kappa shape index (κ1) is 19.0. The van der Waals surface area contributed by atoms with Gasteiger partial charge in [-0.25, -0.2) is 0 Å². The van der Waals surface area contributed by atoms with Gasteiger partial charge in [-0.15, -0.1) is 0 Å². The topological polar surface area (TPSA) is 30.0 Å². The first-order valence-electron chi connectivity index (χ1n) is 8.98. The van der Waals surface area contributed by atoms with Gasteiger partial charge in [-0.05, 0) is 42.0 Å². The molecule has 0 aliphatic carbocycles. The second kappa shape index (κ2) is 8.77. The zero-order chi connectivity index (χ0) is 17.7. The van der Waals surface area contributed by atoms with Gasteiger partial charge >= 0.3 is 0 Å². The third kappa shape index (κ3) is 3.85. The van der Waals surface area contributed by atoms with E-state index in [0.717, 1.165) is 6.16 Å². The fraction of sp³-hybridized carbons (Fsp3) is 0.0400. The van der Waals surface area contributed by atoms with Crippen molar-refractivity contribution in [2.24, 2.45) is 0 Å². The summed E-state index contributed by atoms with van der Waals surface area (Å²) in [6.07, 6.45) is 1.03. The van der Waals surface area contributed by atoms with Crippen LogP contribution in [0.2, 0.25) is 0 Å². The summed E-state index contributed by atoms with van der Waals surface area (Å²) in [6.45, 7) is 0. The molecule has 0 bridgehead atoms. The zero-order valence-corrected chi connectivity index (χ0v) is 16.0. The number of rotatable bonds is 5.